The van der Waals surface area contributed by atoms with Gasteiger partial charge in [-0.05, 0) is 30.7 Å². The summed E-state index contributed by atoms with van der Waals surface area (Å²) in [4.78, 5) is 26.1. The quantitative estimate of drug-likeness (QED) is 0.757. The Morgan fingerprint density at radius 2 is 1.76 bits per heavy atom. The van der Waals surface area contributed by atoms with E-state index in [9.17, 15) is 14.7 Å². The van der Waals surface area contributed by atoms with E-state index >= 15 is 0 Å². The number of hydrogen-bond donors (Lipinski definition) is 2. The number of nitrogens with zero attached hydrogens (tertiary/aromatic N) is 2. The second-order valence-corrected chi connectivity index (χ2v) is 4.91. The number of unbranched alkanes of at least 4 members (excludes halogenated alkanes) is 2. The van der Waals surface area contributed by atoms with Gasteiger partial charge >= 0.3 is 12.0 Å². The first-order valence-electron chi connectivity index (χ1n) is 6.99. The third-order valence-corrected chi connectivity index (χ3v) is 3.11. The van der Waals surface area contributed by atoms with Gasteiger partial charge in [-0.2, -0.15) is 0 Å². The van der Waals surface area contributed by atoms with E-state index in [1.807, 2.05) is 0 Å². The zero-order valence-corrected chi connectivity index (χ0v) is 12.5. The van der Waals surface area contributed by atoms with Crippen LogP contribution in [0.25, 0.3) is 0 Å². The number of benzene rings is 1. The molecule has 116 valence electrons. The minimum Gasteiger partial charge on any atom is -0.508 e. The van der Waals surface area contributed by atoms with E-state index in [0.717, 1.165) is 19.3 Å². The Morgan fingerprint density at radius 3 is 2.29 bits per heavy atom. The topological polar surface area (TPSA) is 81.1 Å². The Bertz CT molecular complexity index is 473. The fraction of sp³-hybridized carbons (Fsp3) is 0.467. The second kappa shape index (κ2) is 8.14. The van der Waals surface area contributed by atoms with E-state index in [-0.39, 0.29) is 11.8 Å². The molecule has 0 radical (unpaired) electrons. The third-order valence-electron chi connectivity index (χ3n) is 3.11. The van der Waals surface area contributed by atoms with E-state index in [2.05, 4.69) is 6.92 Å². The number of carbonyl (C=O) groups is 2. The van der Waals surface area contributed by atoms with Crippen molar-refractivity contribution in [3.8, 4) is 5.75 Å². The standard InChI is InChI=1S/C15H22N2O4/c1-3-4-5-10-16(2)15(21)17(11-14(19)20)12-6-8-13(18)9-7-12/h6-9,18H,3-5,10-11H2,1-2H3,(H,19,20). The highest BCUT2D eigenvalue weighted by atomic mass is 16.4. The molecule has 0 fully saturated rings. The van der Waals surface area contributed by atoms with Crippen LogP contribution in [0.4, 0.5) is 10.5 Å². The van der Waals surface area contributed by atoms with Crippen LogP contribution < -0.4 is 4.90 Å². The average molecular weight is 294 g/mol. The molecule has 0 aromatic heterocycles. The molecule has 0 aliphatic heterocycles. The van der Waals surface area contributed by atoms with Crippen LogP contribution >= 0.6 is 0 Å². The van der Waals surface area contributed by atoms with Gasteiger partial charge in [-0.25, -0.2) is 4.79 Å². The van der Waals surface area contributed by atoms with Crippen molar-refractivity contribution in [1.82, 2.24) is 4.90 Å². The van der Waals surface area contributed by atoms with Gasteiger partial charge in [0.2, 0.25) is 0 Å². The van der Waals surface area contributed by atoms with Crippen molar-refractivity contribution >= 4 is 17.7 Å². The molecule has 6 heteroatoms. The number of hydrogen-bond acceptors (Lipinski definition) is 3. The lowest BCUT2D eigenvalue weighted by Gasteiger charge is -2.27. The molecule has 0 aliphatic carbocycles. The smallest absolute Gasteiger partial charge is 0.324 e. The molecule has 1 aromatic carbocycles. The lowest BCUT2D eigenvalue weighted by Crippen LogP contribution is -2.44. The Labute approximate surface area is 124 Å². The number of phenolic OH excluding ortho intramolecular Hbond substituents is 1. The van der Waals surface area contributed by atoms with Gasteiger partial charge in [0.15, 0.2) is 0 Å². The molecule has 0 saturated carbocycles. The van der Waals surface area contributed by atoms with Crippen LogP contribution in [0, 0.1) is 0 Å². The molecule has 0 aliphatic rings. The second-order valence-electron chi connectivity index (χ2n) is 4.91. The van der Waals surface area contributed by atoms with E-state index in [0.29, 0.717) is 12.2 Å². The highest BCUT2D eigenvalue weighted by Gasteiger charge is 2.21. The SMILES string of the molecule is CCCCCN(C)C(=O)N(CC(=O)O)c1ccc(O)cc1. The number of phenols is 1. The first-order chi connectivity index (χ1) is 9.95. The molecule has 0 atom stereocenters. The van der Waals surface area contributed by atoms with Crippen LogP contribution in [0.3, 0.4) is 0 Å². The number of carbonyl (C=O) groups excluding carboxylic acids is 1. The summed E-state index contributed by atoms with van der Waals surface area (Å²) < 4.78 is 0. The maximum atomic E-state index is 12.4. The van der Waals surface area contributed by atoms with Crippen molar-refractivity contribution in [1.29, 1.82) is 0 Å². The maximum Gasteiger partial charge on any atom is 0.324 e. The molecular formula is C15H22N2O4. The third kappa shape index (κ3) is 5.33. The summed E-state index contributed by atoms with van der Waals surface area (Å²) in [5.74, 6) is -1.02. The first kappa shape index (κ1) is 16.8. The van der Waals surface area contributed by atoms with Gasteiger partial charge in [0.25, 0.3) is 0 Å². The first-order valence-corrected chi connectivity index (χ1v) is 6.99. The molecule has 0 unspecified atom stereocenters. The van der Waals surface area contributed by atoms with Crippen molar-refractivity contribution in [3.05, 3.63) is 24.3 Å². The van der Waals surface area contributed by atoms with Crippen LogP contribution in [-0.2, 0) is 4.79 Å². The van der Waals surface area contributed by atoms with Gasteiger partial charge in [0.1, 0.15) is 12.3 Å². The molecular weight excluding hydrogens is 272 g/mol. The predicted octanol–water partition coefficient (Wildman–Crippen LogP) is 2.53. The molecule has 1 rings (SSSR count). The number of carboxylic acids is 1. The molecule has 1 aromatic rings. The van der Waals surface area contributed by atoms with E-state index in [4.69, 9.17) is 5.11 Å². The van der Waals surface area contributed by atoms with Crippen molar-refractivity contribution in [2.45, 2.75) is 26.2 Å². The van der Waals surface area contributed by atoms with E-state index in [1.54, 1.807) is 7.05 Å². The van der Waals surface area contributed by atoms with Crippen LogP contribution in [0.15, 0.2) is 24.3 Å². The summed E-state index contributed by atoms with van der Waals surface area (Å²) in [7, 11) is 1.66. The minimum atomic E-state index is -1.08. The van der Waals surface area contributed by atoms with E-state index < -0.39 is 12.5 Å². The van der Waals surface area contributed by atoms with Crippen molar-refractivity contribution in [2.75, 3.05) is 25.0 Å². The Morgan fingerprint density at radius 1 is 1.14 bits per heavy atom. The monoisotopic (exact) mass is 294 g/mol. The Kier molecular flexibility index (Phi) is 6.52. The normalized spacial score (nSPS) is 10.2. The highest BCUT2D eigenvalue weighted by Crippen LogP contribution is 2.19. The number of rotatable bonds is 7. The molecule has 0 bridgehead atoms. The Hall–Kier alpha value is -2.24. The maximum absolute atomic E-state index is 12.4. The fourth-order valence-corrected chi connectivity index (χ4v) is 1.94. The van der Waals surface area contributed by atoms with Crippen molar-refractivity contribution in [3.63, 3.8) is 0 Å². The Balaban J connectivity index is 2.83. The largest absolute Gasteiger partial charge is 0.508 e. The average Bonchev–Trinajstić information content (AvgIpc) is 2.45. The lowest BCUT2D eigenvalue weighted by atomic mass is 10.2. The van der Waals surface area contributed by atoms with Gasteiger partial charge in [0, 0.05) is 19.3 Å². The van der Waals surface area contributed by atoms with Gasteiger partial charge in [-0.15, -0.1) is 0 Å². The predicted molar refractivity (Wildman–Crippen MR) is 80.6 cm³/mol. The van der Waals surface area contributed by atoms with Crippen molar-refractivity contribution in [2.24, 2.45) is 0 Å². The molecule has 21 heavy (non-hydrogen) atoms. The number of aliphatic carboxylic acids is 1. The minimum absolute atomic E-state index is 0.0674. The molecule has 0 heterocycles. The number of aromatic hydroxyl groups is 1. The zero-order valence-electron chi connectivity index (χ0n) is 12.5. The summed E-state index contributed by atoms with van der Waals surface area (Å²) in [6, 6.07) is 5.54. The molecule has 2 N–H and O–H groups in total. The highest BCUT2D eigenvalue weighted by molar-refractivity contribution is 5.96. The van der Waals surface area contributed by atoms with E-state index in [1.165, 1.54) is 34.1 Å². The van der Waals surface area contributed by atoms with Gasteiger partial charge in [-0.1, -0.05) is 19.8 Å². The van der Waals surface area contributed by atoms with Crippen LogP contribution in [0.2, 0.25) is 0 Å². The van der Waals surface area contributed by atoms with Gasteiger partial charge < -0.3 is 15.1 Å². The summed E-state index contributed by atoms with van der Waals surface area (Å²) in [6.07, 6.45) is 2.96. The summed E-state index contributed by atoms with van der Waals surface area (Å²) in [6.45, 7) is 2.25. The van der Waals surface area contributed by atoms with Crippen LogP contribution in [0.1, 0.15) is 26.2 Å². The lowest BCUT2D eigenvalue weighted by molar-refractivity contribution is -0.135. The summed E-state index contributed by atoms with van der Waals surface area (Å²) >= 11 is 0. The van der Waals surface area contributed by atoms with Gasteiger partial charge in [0.05, 0.1) is 0 Å². The molecule has 0 spiro atoms. The summed E-state index contributed by atoms with van der Waals surface area (Å²) in [5.41, 5.74) is 0.447. The van der Waals surface area contributed by atoms with Crippen LogP contribution in [0.5, 0.6) is 5.75 Å². The number of anilines is 1. The van der Waals surface area contributed by atoms with Gasteiger partial charge in [-0.3, -0.25) is 9.69 Å². The number of carboxylic acid groups (broad SMARTS) is 1. The fourth-order valence-electron chi connectivity index (χ4n) is 1.94. The van der Waals surface area contributed by atoms with Crippen molar-refractivity contribution < 1.29 is 19.8 Å². The molecule has 0 saturated heterocycles. The number of urea groups is 1. The molecule has 2 amide bonds. The number of amides is 2. The van der Waals surface area contributed by atoms with Crippen LogP contribution in [-0.4, -0.2) is 47.3 Å². The zero-order chi connectivity index (χ0) is 15.8. The molecule has 6 nitrogen and oxygen atoms in total. The summed E-state index contributed by atoms with van der Waals surface area (Å²) in [5, 5.41) is 18.3.